The number of anilines is 1. The minimum Gasteiger partial charge on any atom is -0.377 e. The predicted molar refractivity (Wildman–Crippen MR) is 85.5 cm³/mol. The SMILES string of the molecule is Cc1cc(Br)cc(NC(CN)c2ccccc2C)c1. The molecular formula is C16H19BrN2. The average Bonchev–Trinajstić information content (AvgIpc) is 2.36. The third-order valence-corrected chi connectivity index (χ3v) is 3.64. The summed E-state index contributed by atoms with van der Waals surface area (Å²) >= 11 is 3.52. The molecule has 2 aromatic rings. The molecule has 0 aliphatic carbocycles. The third kappa shape index (κ3) is 3.58. The van der Waals surface area contributed by atoms with Crippen molar-refractivity contribution in [1.82, 2.24) is 0 Å². The second-order valence-corrected chi connectivity index (χ2v) is 5.72. The summed E-state index contributed by atoms with van der Waals surface area (Å²) in [5, 5.41) is 3.51. The van der Waals surface area contributed by atoms with Crippen molar-refractivity contribution in [3.05, 3.63) is 63.6 Å². The largest absolute Gasteiger partial charge is 0.377 e. The summed E-state index contributed by atoms with van der Waals surface area (Å²) in [5.41, 5.74) is 10.7. The van der Waals surface area contributed by atoms with Crippen molar-refractivity contribution in [1.29, 1.82) is 0 Å². The second kappa shape index (κ2) is 6.22. The van der Waals surface area contributed by atoms with Gasteiger partial charge in [0.15, 0.2) is 0 Å². The van der Waals surface area contributed by atoms with Crippen molar-refractivity contribution >= 4 is 21.6 Å². The molecule has 0 aliphatic heterocycles. The van der Waals surface area contributed by atoms with Gasteiger partial charge in [-0.1, -0.05) is 40.2 Å². The van der Waals surface area contributed by atoms with Gasteiger partial charge in [0.1, 0.15) is 0 Å². The maximum atomic E-state index is 5.92. The number of benzene rings is 2. The van der Waals surface area contributed by atoms with Crippen LogP contribution in [0.1, 0.15) is 22.7 Å². The zero-order chi connectivity index (χ0) is 13.8. The van der Waals surface area contributed by atoms with Crippen LogP contribution < -0.4 is 11.1 Å². The van der Waals surface area contributed by atoms with Gasteiger partial charge in [0.25, 0.3) is 0 Å². The zero-order valence-electron chi connectivity index (χ0n) is 11.3. The fourth-order valence-corrected chi connectivity index (χ4v) is 2.87. The van der Waals surface area contributed by atoms with Crippen LogP contribution in [0.4, 0.5) is 5.69 Å². The first-order valence-electron chi connectivity index (χ1n) is 6.39. The van der Waals surface area contributed by atoms with Crippen LogP contribution in [0, 0.1) is 13.8 Å². The molecule has 0 spiro atoms. The summed E-state index contributed by atoms with van der Waals surface area (Å²) in [4.78, 5) is 0. The lowest BCUT2D eigenvalue weighted by molar-refractivity contribution is 0.783. The van der Waals surface area contributed by atoms with E-state index < -0.39 is 0 Å². The third-order valence-electron chi connectivity index (χ3n) is 3.18. The molecule has 1 unspecified atom stereocenters. The lowest BCUT2D eigenvalue weighted by Crippen LogP contribution is -2.21. The first-order chi connectivity index (χ1) is 9.10. The van der Waals surface area contributed by atoms with E-state index >= 15 is 0 Å². The van der Waals surface area contributed by atoms with Crippen molar-refractivity contribution < 1.29 is 0 Å². The van der Waals surface area contributed by atoms with Gasteiger partial charge >= 0.3 is 0 Å². The lowest BCUT2D eigenvalue weighted by atomic mass is 10.0. The number of hydrogen-bond donors (Lipinski definition) is 2. The highest BCUT2D eigenvalue weighted by molar-refractivity contribution is 9.10. The van der Waals surface area contributed by atoms with E-state index in [-0.39, 0.29) is 6.04 Å². The smallest absolute Gasteiger partial charge is 0.0638 e. The monoisotopic (exact) mass is 318 g/mol. The van der Waals surface area contributed by atoms with Crippen LogP contribution in [0.15, 0.2) is 46.9 Å². The molecular weight excluding hydrogens is 300 g/mol. The zero-order valence-corrected chi connectivity index (χ0v) is 12.9. The molecule has 0 fully saturated rings. The maximum absolute atomic E-state index is 5.92. The van der Waals surface area contributed by atoms with E-state index in [1.54, 1.807) is 0 Å². The highest BCUT2D eigenvalue weighted by atomic mass is 79.9. The summed E-state index contributed by atoms with van der Waals surface area (Å²) in [7, 11) is 0. The molecule has 0 aromatic heterocycles. The molecule has 0 aliphatic rings. The molecule has 0 saturated carbocycles. The Balaban J connectivity index is 2.26. The molecule has 0 saturated heterocycles. The van der Waals surface area contributed by atoms with E-state index in [9.17, 15) is 0 Å². The Morgan fingerprint density at radius 3 is 2.53 bits per heavy atom. The summed E-state index contributed by atoms with van der Waals surface area (Å²) in [6.45, 7) is 4.77. The Bertz CT molecular complexity index is 546. The molecule has 3 N–H and O–H groups in total. The minimum absolute atomic E-state index is 0.134. The summed E-state index contributed by atoms with van der Waals surface area (Å²) < 4.78 is 1.08. The van der Waals surface area contributed by atoms with Gasteiger partial charge in [-0.3, -0.25) is 0 Å². The van der Waals surface area contributed by atoms with Crippen molar-refractivity contribution in [3.8, 4) is 0 Å². The van der Waals surface area contributed by atoms with Crippen LogP contribution in [-0.4, -0.2) is 6.54 Å². The Kier molecular flexibility index (Phi) is 4.61. The van der Waals surface area contributed by atoms with Crippen molar-refractivity contribution in [3.63, 3.8) is 0 Å². The fourth-order valence-electron chi connectivity index (χ4n) is 2.26. The number of nitrogens with two attached hydrogens (primary N) is 1. The molecule has 2 rings (SSSR count). The molecule has 100 valence electrons. The quantitative estimate of drug-likeness (QED) is 0.887. The lowest BCUT2D eigenvalue weighted by Gasteiger charge is -2.21. The highest BCUT2D eigenvalue weighted by Gasteiger charge is 2.11. The van der Waals surface area contributed by atoms with Crippen molar-refractivity contribution in [2.24, 2.45) is 5.73 Å². The van der Waals surface area contributed by atoms with Crippen molar-refractivity contribution in [2.45, 2.75) is 19.9 Å². The fraction of sp³-hybridized carbons (Fsp3) is 0.250. The van der Waals surface area contributed by atoms with Gasteiger partial charge in [0, 0.05) is 16.7 Å². The molecule has 0 radical (unpaired) electrons. The van der Waals surface area contributed by atoms with Gasteiger partial charge in [-0.2, -0.15) is 0 Å². The molecule has 2 nitrogen and oxygen atoms in total. The van der Waals surface area contributed by atoms with E-state index in [4.69, 9.17) is 5.73 Å². The van der Waals surface area contributed by atoms with Gasteiger partial charge < -0.3 is 11.1 Å². The highest BCUT2D eigenvalue weighted by Crippen LogP contribution is 2.25. The Morgan fingerprint density at radius 1 is 1.16 bits per heavy atom. The van der Waals surface area contributed by atoms with Crippen LogP contribution in [0.2, 0.25) is 0 Å². The number of hydrogen-bond acceptors (Lipinski definition) is 2. The predicted octanol–water partition coefficient (Wildman–Crippen LogP) is 4.18. The molecule has 1 atom stereocenters. The van der Waals surface area contributed by atoms with Crippen LogP contribution in [0.25, 0.3) is 0 Å². The maximum Gasteiger partial charge on any atom is 0.0638 e. The van der Waals surface area contributed by atoms with E-state index in [1.807, 2.05) is 0 Å². The Morgan fingerprint density at radius 2 is 1.89 bits per heavy atom. The standard InChI is InChI=1S/C16H19BrN2/c1-11-7-13(17)9-14(8-11)19-16(10-18)15-6-4-3-5-12(15)2/h3-9,16,19H,10,18H2,1-2H3. The van der Waals surface area contributed by atoms with Gasteiger partial charge in [-0.25, -0.2) is 0 Å². The van der Waals surface area contributed by atoms with Gasteiger partial charge in [0.05, 0.1) is 6.04 Å². The van der Waals surface area contributed by atoms with E-state index in [1.165, 1.54) is 16.7 Å². The van der Waals surface area contributed by atoms with Gasteiger partial charge in [-0.15, -0.1) is 0 Å². The van der Waals surface area contributed by atoms with Crippen LogP contribution in [-0.2, 0) is 0 Å². The van der Waals surface area contributed by atoms with Crippen LogP contribution >= 0.6 is 15.9 Å². The summed E-state index contributed by atoms with van der Waals surface area (Å²) in [6.07, 6.45) is 0. The first-order valence-corrected chi connectivity index (χ1v) is 7.19. The molecule has 0 heterocycles. The molecule has 19 heavy (non-hydrogen) atoms. The topological polar surface area (TPSA) is 38.0 Å². The Labute approximate surface area is 123 Å². The number of rotatable bonds is 4. The summed E-state index contributed by atoms with van der Waals surface area (Å²) in [5.74, 6) is 0. The Hall–Kier alpha value is -1.32. The van der Waals surface area contributed by atoms with Crippen molar-refractivity contribution in [2.75, 3.05) is 11.9 Å². The molecule has 0 bridgehead atoms. The van der Waals surface area contributed by atoms with E-state index in [2.05, 4.69) is 77.6 Å². The molecule has 0 amide bonds. The van der Waals surface area contributed by atoms with E-state index in [0.29, 0.717) is 6.54 Å². The van der Waals surface area contributed by atoms with E-state index in [0.717, 1.165) is 10.2 Å². The normalized spacial score (nSPS) is 12.2. The summed E-state index contributed by atoms with van der Waals surface area (Å²) in [6, 6.07) is 14.8. The van der Waals surface area contributed by atoms with Crippen LogP contribution in [0.3, 0.4) is 0 Å². The van der Waals surface area contributed by atoms with Gasteiger partial charge in [-0.05, 0) is 48.7 Å². The molecule has 2 aromatic carbocycles. The minimum atomic E-state index is 0.134. The molecule has 3 heteroatoms. The second-order valence-electron chi connectivity index (χ2n) is 4.81. The first kappa shape index (κ1) is 14.1. The number of aryl methyl sites for hydroxylation is 2. The van der Waals surface area contributed by atoms with Gasteiger partial charge in [0.2, 0.25) is 0 Å². The van der Waals surface area contributed by atoms with Crippen LogP contribution in [0.5, 0.6) is 0 Å². The average molecular weight is 319 g/mol. The number of nitrogens with one attached hydrogen (secondary N) is 1. The number of halogens is 1.